The topological polar surface area (TPSA) is 53.2 Å². The third-order valence-corrected chi connectivity index (χ3v) is 3.55. The summed E-state index contributed by atoms with van der Waals surface area (Å²) in [5.74, 6) is 0.309. The second-order valence-electron chi connectivity index (χ2n) is 4.48. The number of aliphatic imine (C=N–C) groups is 1. The van der Waals surface area contributed by atoms with Crippen LogP contribution in [0.25, 0.3) is 11.1 Å². The van der Waals surface area contributed by atoms with Crippen LogP contribution in [0.5, 0.6) is 0 Å². The van der Waals surface area contributed by atoms with E-state index in [2.05, 4.69) is 4.99 Å². The van der Waals surface area contributed by atoms with Crippen LogP contribution in [0.15, 0.2) is 51.9 Å². The summed E-state index contributed by atoms with van der Waals surface area (Å²) in [7, 11) is 0. The fraction of sp³-hybridized carbons (Fsp3) is 0.0714. The number of oxazole rings is 1. The van der Waals surface area contributed by atoms with Crippen LogP contribution in [-0.2, 0) is 0 Å². The van der Waals surface area contributed by atoms with Crippen LogP contribution in [0.3, 0.4) is 0 Å². The van der Waals surface area contributed by atoms with E-state index in [1.165, 1.54) is 0 Å². The predicted molar refractivity (Wildman–Crippen MR) is 73.4 cm³/mol. The highest BCUT2D eigenvalue weighted by Gasteiger charge is 2.37. The number of hydrogen-bond donors (Lipinski definition) is 1. The second kappa shape index (κ2) is 3.65. The van der Waals surface area contributed by atoms with Crippen molar-refractivity contribution in [3.05, 3.63) is 47.5 Å². The van der Waals surface area contributed by atoms with Crippen LogP contribution in [0.2, 0.25) is 5.02 Å². The molecule has 0 amide bonds. The van der Waals surface area contributed by atoms with Gasteiger partial charge in [0.05, 0.1) is 0 Å². The lowest BCUT2D eigenvalue weighted by molar-refractivity contribution is -0.522. The molecule has 19 heavy (non-hydrogen) atoms. The average Bonchev–Trinajstić information content (AvgIpc) is 2.76. The van der Waals surface area contributed by atoms with Gasteiger partial charge in [-0.1, -0.05) is 34.8 Å². The highest BCUT2D eigenvalue weighted by Crippen LogP contribution is 2.27. The molecule has 4 nitrogen and oxygen atoms in total. The minimum atomic E-state index is -0.123. The highest BCUT2D eigenvalue weighted by molar-refractivity contribution is 6.31. The third kappa shape index (κ3) is 1.43. The van der Waals surface area contributed by atoms with Crippen molar-refractivity contribution in [1.82, 2.24) is 0 Å². The Morgan fingerprint density at radius 3 is 3.11 bits per heavy atom. The number of rotatable bonds is 0. The van der Waals surface area contributed by atoms with E-state index in [4.69, 9.17) is 21.4 Å². The van der Waals surface area contributed by atoms with Crippen LogP contribution in [-0.4, -0.2) is 11.5 Å². The van der Waals surface area contributed by atoms with E-state index < -0.39 is 0 Å². The molecule has 2 heterocycles. The lowest BCUT2D eigenvalue weighted by atomic mass is 9.96. The van der Waals surface area contributed by atoms with Gasteiger partial charge in [-0.2, -0.15) is 9.98 Å². The van der Waals surface area contributed by atoms with Crippen molar-refractivity contribution >= 4 is 40.3 Å². The smallest absolute Gasteiger partial charge is 0.397 e. The molecule has 1 aliphatic heterocycles. The van der Waals surface area contributed by atoms with Crippen molar-refractivity contribution in [3.8, 4) is 0 Å². The summed E-state index contributed by atoms with van der Waals surface area (Å²) in [5.41, 5.74) is 2.29. The number of hydrogen-bond acceptors (Lipinski definition) is 3. The van der Waals surface area contributed by atoms with Gasteiger partial charge in [0.15, 0.2) is 11.1 Å². The van der Waals surface area contributed by atoms with Gasteiger partial charge >= 0.3 is 6.01 Å². The summed E-state index contributed by atoms with van der Waals surface area (Å²) in [6.07, 6.45) is 7.71. The van der Waals surface area contributed by atoms with Gasteiger partial charge in [-0.3, -0.25) is 0 Å². The number of aromatic nitrogens is 1. The molecule has 2 aliphatic rings. The van der Waals surface area contributed by atoms with Crippen LogP contribution in [0, 0.1) is 11.3 Å². The third-order valence-electron chi connectivity index (χ3n) is 3.31. The number of halogens is 1. The molecule has 4 rings (SSSR count). The first kappa shape index (κ1) is 10.7. The highest BCUT2D eigenvalue weighted by atomic mass is 35.5. The monoisotopic (exact) mass is 270 g/mol. The normalized spacial score (nSPS) is 20.4. The van der Waals surface area contributed by atoms with Crippen LogP contribution in [0.1, 0.15) is 0 Å². The first-order chi connectivity index (χ1) is 9.24. The molecule has 0 saturated heterocycles. The molecule has 0 saturated carbocycles. The molecular weight excluding hydrogens is 262 g/mol. The molecule has 5 heteroatoms. The van der Waals surface area contributed by atoms with Crippen LogP contribution >= 0.6 is 11.6 Å². The summed E-state index contributed by atoms with van der Waals surface area (Å²) in [4.78, 5) is 4.48. The quantitative estimate of drug-likeness (QED) is 0.735. The van der Waals surface area contributed by atoms with E-state index in [-0.39, 0.29) is 5.92 Å². The molecule has 0 unspecified atom stereocenters. The van der Waals surface area contributed by atoms with Crippen molar-refractivity contribution < 1.29 is 8.98 Å². The van der Waals surface area contributed by atoms with Gasteiger partial charge in [0.2, 0.25) is 0 Å². The summed E-state index contributed by atoms with van der Waals surface area (Å²) < 4.78 is 7.39. The Labute approximate surface area is 113 Å². The summed E-state index contributed by atoms with van der Waals surface area (Å²) in [5, 5.41) is 8.97. The molecule has 92 valence electrons. The van der Waals surface area contributed by atoms with Crippen molar-refractivity contribution in [3.63, 3.8) is 0 Å². The maximum atomic E-state index is 8.36. The van der Waals surface area contributed by atoms with Gasteiger partial charge < -0.3 is 4.42 Å². The predicted octanol–water partition coefficient (Wildman–Crippen LogP) is 3.03. The first-order valence-electron chi connectivity index (χ1n) is 5.90. The van der Waals surface area contributed by atoms with Gasteiger partial charge in [0.1, 0.15) is 11.6 Å². The standard InChI is InChI=1S/C14H9ClN3O/c15-8-5-6-12-11(7-8)18-13(16)9-3-1-2-4-10(9)17-14(18)19-12/h1-7,9,16H/q+1/t9-/m0/s1. The number of nitrogens with one attached hydrogen (secondary N) is 1. The maximum Gasteiger partial charge on any atom is 0.445 e. The lowest BCUT2D eigenvalue weighted by Crippen LogP contribution is -2.50. The Bertz CT molecular complexity index is 813. The number of fused-ring (bicyclic) bond motifs is 4. The van der Waals surface area contributed by atoms with E-state index in [1.54, 1.807) is 22.8 Å². The maximum absolute atomic E-state index is 8.36. The molecule has 1 aromatic heterocycles. The van der Waals surface area contributed by atoms with Crippen molar-refractivity contribution in [2.45, 2.75) is 0 Å². The fourth-order valence-corrected chi connectivity index (χ4v) is 2.59. The zero-order valence-electron chi connectivity index (χ0n) is 9.80. The number of benzene rings is 1. The number of nitrogens with zero attached hydrogens (tertiary/aromatic N) is 2. The fourth-order valence-electron chi connectivity index (χ4n) is 2.42. The minimum absolute atomic E-state index is 0.123. The summed E-state index contributed by atoms with van der Waals surface area (Å²) in [6, 6.07) is 5.78. The Balaban J connectivity index is 2.06. The molecule has 1 atom stereocenters. The van der Waals surface area contributed by atoms with E-state index >= 15 is 0 Å². The lowest BCUT2D eigenvalue weighted by Gasteiger charge is -2.14. The van der Waals surface area contributed by atoms with Crippen LogP contribution in [0.4, 0.5) is 6.01 Å². The van der Waals surface area contributed by atoms with E-state index in [1.807, 2.05) is 24.3 Å². The zero-order valence-corrected chi connectivity index (χ0v) is 10.6. The van der Waals surface area contributed by atoms with E-state index in [9.17, 15) is 0 Å². The second-order valence-corrected chi connectivity index (χ2v) is 4.91. The Hall–Kier alpha value is -2.20. The number of allylic oxidation sites excluding steroid dienone is 4. The zero-order chi connectivity index (χ0) is 13.0. The SMILES string of the molecule is N=C1[C@H]2C=CC=CC2=Nc2oc3ccc(Cl)cc3[n+]21. The van der Waals surface area contributed by atoms with E-state index in [0.717, 1.165) is 11.2 Å². The molecule has 1 aromatic carbocycles. The molecule has 1 N–H and O–H groups in total. The van der Waals surface area contributed by atoms with Gasteiger partial charge in [-0.25, -0.2) is 0 Å². The summed E-state index contributed by atoms with van der Waals surface area (Å²) >= 11 is 6.02. The molecule has 0 spiro atoms. The van der Waals surface area contributed by atoms with Crippen molar-refractivity contribution in [2.75, 3.05) is 0 Å². The largest absolute Gasteiger partial charge is 0.445 e. The molecule has 2 aromatic rings. The van der Waals surface area contributed by atoms with Gasteiger partial charge in [-0.05, 0) is 18.2 Å². The Morgan fingerprint density at radius 1 is 1.32 bits per heavy atom. The van der Waals surface area contributed by atoms with Gasteiger partial charge in [0.25, 0.3) is 5.84 Å². The molecule has 0 bridgehead atoms. The van der Waals surface area contributed by atoms with Crippen LogP contribution < -0.4 is 4.57 Å². The van der Waals surface area contributed by atoms with E-state index in [0.29, 0.717) is 22.5 Å². The summed E-state index contributed by atoms with van der Waals surface area (Å²) in [6.45, 7) is 0. The first-order valence-corrected chi connectivity index (χ1v) is 6.28. The minimum Gasteiger partial charge on any atom is -0.397 e. The molecule has 0 radical (unpaired) electrons. The molecular formula is C14H9ClN3O+. The Kier molecular flexibility index (Phi) is 2.05. The molecule has 0 fully saturated rings. The van der Waals surface area contributed by atoms with Gasteiger partial charge in [0, 0.05) is 11.1 Å². The average molecular weight is 271 g/mol. The van der Waals surface area contributed by atoms with Crippen molar-refractivity contribution in [2.24, 2.45) is 10.9 Å². The molecule has 1 aliphatic carbocycles. The van der Waals surface area contributed by atoms with Crippen molar-refractivity contribution in [1.29, 1.82) is 5.41 Å². The Morgan fingerprint density at radius 2 is 2.21 bits per heavy atom. The van der Waals surface area contributed by atoms with Gasteiger partial charge in [-0.15, -0.1) is 0 Å².